The molecule has 3 aromatic rings. The number of halogens is 3. The first-order valence-electron chi connectivity index (χ1n) is 12.4. The van der Waals surface area contributed by atoms with Crippen molar-refractivity contribution in [3.63, 3.8) is 0 Å². The van der Waals surface area contributed by atoms with Crippen LogP contribution < -0.4 is 15.4 Å². The van der Waals surface area contributed by atoms with Crippen LogP contribution in [-0.2, 0) is 4.79 Å². The van der Waals surface area contributed by atoms with Crippen molar-refractivity contribution in [3.05, 3.63) is 30.5 Å². The molecule has 204 valence electrons. The lowest BCUT2D eigenvalue weighted by atomic mass is 10.00. The van der Waals surface area contributed by atoms with E-state index in [4.69, 9.17) is 10.3 Å². The predicted octanol–water partition coefficient (Wildman–Crippen LogP) is 4.40. The first-order chi connectivity index (χ1) is 18.8. The Kier molecular flexibility index (Phi) is 6.98. The molecule has 2 fully saturated rings. The number of carbonyl (C=O) groups is 1. The van der Waals surface area contributed by atoms with Gasteiger partial charge in [0.05, 0.1) is 38.0 Å². The molecule has 3 heterocycles. The first-order valence-corrected chi connectivity index (χ1v) is 12.4. The van der Waals surface area contributed by atoms with E-state index in [0.29, 0.717) is 42.5 Å². The summed E-state index contributed by atoms with van der Waals surface area (Å²) in [6, 6.07) is 8.03. The maximum Gasteiger partial charge on any atom is 0.255 e. The Hall–Kier alpha value is -4.41. The van der Waals surface area contributed by atoms with Crippen LogP contribution in [-0.4, -0.2) is 70.8 Å². The zero-order chi connectivity index (χ0) is 27.7. The molecule has 39 heavy (non-hydrogen) atoms. The number of rotatable bonds is 9. The molecule has 5 rings (SSSR count). The predicted molar refractivity (Wildman–Crippen MR) is 135 cm³/mol. The van der Waals surface area contributed by atoms with Gasteiger partial charge in [-0.05, 0) is 43.0 Å². The first kappa shape index (κ1) is 26.2. The van der Waals surface area contributed by atoms with Gasteiger partial charge in [0.15, 0.2) is 0 Å². The van der Waals surface area contributed by atoms with E-state index in [1.165, 1.54) is 16.5 Å². The van der Waals surface area contributed by atoms with Crippen LogP contribution in [0.25, 0.3) is 16.6 Å². The van der Waals surface area contributed by atoms with Crippen molar-refractivity contribution < 1.29 is 22.7 Å². The normalized spacial score (nSPS) is 19.9. The third kappa shape index (κ3) is 5.04. The van der Waals surface area contributed by atoms with Crippen LogP contribution in [0, 0.1) is 22.3 Å². The van der Waals surface area contributed by atoms with Crippen molar-refractivity contribution in [2.24, 2.45) is 10.5 Å². The van der Waals surface area contributed by atoms with Gasteiger partial charge in [-0.1, -0.05) is 6.07 Å². The molecule has 2 aliphatic rings. The molecule has 0 bridgehead atoms. The summed E-state index contributed by atoms with van der Waals surface area (Å²) in [5.41, 5.74) is 8.61. The fourth-order valence-corrected chi connectivity index (χ4v) is 4.78. The smallest absolute Gasteiger partial charge is 0.255 e. The van der Waals surface area contributed by atoms with Crippen molar-refractivity contribution in [2.75, 3.05) is 37.4 Å². The lowest BCUT2D eigenvalue weighted by Gasteiger charge is -2.35. The van der Waals surface area contributed by atoms with Crippen LogP contribution in [0.3, 0.4) is 0 Å². The Morgan fingerprint density at radius 3 is 2.82 bits per heavy atom. The number of fused-ring (bicyclic) bond motifs is 1. The molecular weight excluding hydrogens is 515 g/mol. The highest BCUT2D eigenvalue weighted by Crippen LogP contribution is 2.47. The molecule has 14 heteroatoms. The Bertz CT molecular complexity index is 1450. The number of methoxy groups -OCH3 is 1. The highest BCUT2D eigenvalue weighted by Gasteiger charge is 2.53. The number of nitrogens with zero attached hydrogens (tertiary/aromatic N) is 6. The minimum absolute atomic E-state index is 0.116. The van der Waals surface area contributed by atoms with Crippen molar-refractivity contribution >= 4 is 28.7 Å². The van der Waals surface area contributed by atoms with Gasteiger partial charge >= 0.3 is 0 Å². The van der Waals surface area contributed by atoms with Gasteiger partial charge in [-0.25, -0.2) is 23.2 Å². The summed E-state index contributed by atoms with van der Waals surface area (Å²) in [6.07, 6.45) is -0.951. The van der Waals surface area contributed by atoms with Crippen molar-refractivity contribution in [1.82, 2.24) is 19.5 Å². The summed E-state index contributed by atoms with van der Waals surface area (Å²) in [4.78, 5) is 18.5. The number of benzene rings is 1. The molecule has 0 radical (unpaired) electrons. The molecule has 2 aromatic heterocycles. The van der Waals surface area contributed by atoms with Gasteiger partial charge in [0.25, 0.3) is 6.43 Å². The summed E-state index contributed by atoms with van der Waals surface area (Å²) < 4.78 is 47.6. The second-order valence-corrected chi connectivity index (χ2v) is 9.58. The fourth-order valence-electron chi connectivity index (χ4n) is 4.78. The molecule has 1 aliphatic heterocycles. The number of amides is 1. The molecule has 0 unspecified atom stereocenters. The van der Waals surface area contributed by atoms with Gasteiger partial charge in [0.2, 0.25) is 17.7 Å². The number of carbonyl (C=O) groups excluding carboxylic acids is 1. The lowest BCUT2D eigenvalue weighted by Crippen LogP contribution is -2.51. The molecule has 1 aliphatic carbocycles. The third-order valence-electron chi connectivity index (χ3n) is 7.06. The van der Waals surface area contributed by atoms with E-state index >= 15 is 4.39 Å². The number of piperidine rings is 1. The highest BCUT2D eigenvalue weighted by molar-refractivity contribution is 5.89. The highest BCUT2D eigenvalue weighted by atomic mass is 19.3. The van der Waals surface area contributed by atoms with Crippen LogP contribution >= 0.6 is 0 Å². The monoisotopic (exact) mass is 541 g/mol. The van der Waals surface area contributed by atoms with Crippen molar-refractivity contribution in [2.45, 2.75) is 37.9 Å². The van der Waals surface area contributed by atoms with Crippen LogP contribution in [0.15, 0.2) is 35.6 Å². The topological polar surface area (TPSA) is 144 Å². The molecule has 2 atom stereocenters. The average Bonchev–Trinajstić information content (AvgIpc) is 3.63. The van der Waals surface area contributed by atoms with Crippen LogP contribution in [0.2, 0.25) is 0 Å². The maximum atomic E-state index is 15.1. The second kappa shape index (κ2) is 10.4. The zero-order valence-corrected chi connectivity index (χ0v) is 21.0. The average molecular weight is 542 g/mol. The summed E-state index contributed by atoms with van der Waals surface area (Å²) >= 11 is 0. The van der Waals surface area contributed by atoms with Crippen LogP contribution in [0.5, 0.6) is 5.88 Å². The van der Waals surface area contributed by atoms with Gasteiger partial charge in [-0.3, -0.25) is 4.79 Å². The number of nitriles is 1. The lowest BCUT2D eigenvalue weighted by molar-refractivity contribution is -0.137. The number of hydrogen-bond acceptors (Lipinski definition) is 9. The number of aromatic nitrogens is 3. The van der Waals surface area contributed by atoms with E-state index < -0.39 is 30.6 Å². The Balaban J connectivity index is 1.37. The molecular formula is C25H26F3N9O2. The van der Waals surface area contributed by atoms with E-state index in [1.807, 2.05) is 0 Å². The summed E-state index contributed by atoms with van der Waals surface area (Å²) in [7, 11) is 1.44. The summed E-state index contributed by atoms with van der Waals surface area (Å²) in [6.45, 7) is -0.392. The second-order valence-electron chi connectivity index (χ2n) is 9.58. The van der Waals surface area contributed by atoms with Crippen molar-refractivity contribution in [3.8, 4) is 23.1 Å². The number of ether oxygens (including phenoxy) is 1. The molecule has 1 saturated carbocycles. The van der Waals surface area contributed by atoms with Crippen LogP contribution in [0.4, 0.5) is 30.5 Å². The van der Waals surface area contributed by atoms with Gasteiger partial charge in [0.1, 0.15) is 22.8 Å². The minimum Gasteiger partial charge on any atom is -0.479 e. The number of anilines is 2. The summed E-state index contributed by atoms with van der Waals surface area (Å²) in [5, 5.41) is 22.7. The largest absolute Gasteiger partial charge is 0.479 e. The Morgan fingerprint density at radius 2 is 2.18 bits per heavy atom. The molecule has 11 nitrogen and oxygen atoms in total. The Labute approximate surface area is 221 Å². The SMILES string of the molecule is COc1nc(N[C@H]2CCN(C(=O)C3(C#N)CC3)C[C@H]2F)nn2ccc(-c3ccc(N=N)c(NCC(F)F)c3)c12. The Morgan fingerprint density at radius 1 is 1.38 bits per heavy atom. The van der Waals surface area contributed by atoms with Gasteiger partial charge in [0, 0.05) is 18.3 Å². The number of alkyl halides is 3. The standard InChI is InChI=1S/C25H26F3N9O2/c1-39-22-21-15(14-2-3-18(34-30)19(10-14)31-11-20(27)28)4-9-37(21)35-24(33-22)32-17-5-8-36(12-16(17)26)23(38)25(13-29)6-7-25/h2-4,9-10,16-17,20,30-31H,5-8,11-12H2,1H3,(H,32,35)/t16-,17+/m1/s1. The van der Waals surface area contributed by atoms with Gasteiger partial charge in [-0.15, -0.1) is 5.10 Å². The third-order valence-corrected chi connectivity index (χ3v) is 7.06. The number of hydrogen-bond donors (Lipinski definition) is 3. The van der Waals surface area contributed by atoms with Crippen molar-refractivity contribution in [1.29, 1.82) is 10.8 Å². The van der Waals surface area contributed by atoms with Gasteiger partial charge < -0.3 is 20.3 Å². The van der Waals surface area contributed by atoms with Gasteiger partial charge in [-0.2, -0.15) is 15.4 Å². The van der Waals surface area contributed by atoms with E-state index in [9.17, 15) is 18.8 Å². The summed E-state index contributed by atoms with van der Waals surface area (Å²) in [5.74, 6) is 0.0334. The minimum atomic E-state index is -2.58. The molecule has 1 amide bonds. The fraction of sp³-hybridized carbons (Fsp3) is 0.440. The van der Waals surface area contributed by atoms with E-state index in [0.717, 1.165) is 0 Å². The van der Waals surface area contributed by atoms with E-state index in [1.54, 1.807) is 30.5 Å². The molecule has 3 N–H and O–H groups in total. The van der Waals surface area contributed by atoms with E-state index in [-0.39, 0.29) is 35.7 Å². The zero-order valence-electron chi connectivity index (χ0n) is 21.0. The quantitative estimate of drug-likeness (QED) is 0.341. The number of likely N-dealkylation sites (tertiary alicyclic amines) is 1. The molecule has 1 aromatic carbocycles. The maximum absolute atomic E-state index is 15.1. The van der Waals surface area contributed by atoms with E-state index in [2.05, 4.69) is 31.9 Å². The molecule has 0 spiro atoms. The van der Waals surface area contributed by atoms with Crippen LogP contribution in [0.1, 0.15) is 19.3 Å². The molecule has 1 saturated heterocycles. The number of nitrogens with one attached hydrogen (secondary N) is 3.